The molecule has 0 rings (SSSR count). The second-order valence-electron chi connectivity index (χ2n) is 1.84. The number of hydrogen-bond acceptors (Lipinski definition) is 2. The smallest absolute Gasteiger partial charge is 0.0389 e. The predicted octanol–water partition coefficient (Wildman–Crippen LogP) is 1.45. The van der Waals surface area contributed by atoms with Crippen LogP contribution >= 0.6 is 0 Å². The van der Waals surface area contributed by atoms with Crippen LogP contribution in [0.1, 0.15) is 13.8 Å². The minimum atomic E-state index is 0.762. The van der Waals surface area contributed by atoms with E-state index in [4.69, 9.17) is 5.73 Å². The van der Waals surface area contributed by atoms with E-state index in [0.717, 1.165) is 11.4 Å². The summed E-state index contributed by atoms with van der Waals surface area (Å²) in [7, 11) is 0. The monoisotopic (exact) mass is 124 g/mol. The summed E-state index contributed by atoms with van der Waals surface area (Å²) in [5, 5.41) is 0. The highest BCUT2D eigenvalue weighted by Crippen LogP contribution is 1.84. The largest absolute Gasteiger partial charge is 0.402 e. The predicted molar refractivity (Wildman–Crippen MR) is 41.3 cm³/mol. The average Bonchev–Trinajstić information content (AvgIpc) is 1.63. The molecule has 2 nitrogen and oxygen atoms in total. The van der Waals surface area contributed by atoms with Crippen LogP contribution in [0.2, 0.25) is 0 Å². The minimum Gasteiger partial charge on any atom is -0.402 e. The van der Waals surface area contributed by atoms with Crippen LogP contribution in [0.15, 0.2) is 29.5 Å². The minimum absolute atomic E-state index is 0.762. The molecule has 2 N–H and O–H groups in total. The Balaban J connectivity index is 4.05. The lowest BCUT2D eigenvalue weighted by Gasteiger charge is -1.88. The van der Waals surface area contributed by atoms with Crippen molar-refractivity contribution in [3.63, 3.8) is 0 Å². The summed E-state index contributed by atoms with van der Waals surface area (Å²) >= 11 is 0. The Bertz CT molecular complexity index is 150. The summed E-state index contributed by atoms with van der Waals surface area (Å²) in [4.78, 5) is 3.89. The zero-order valence-electron chi connectivity index (χ0n) is 5.89. The molecule has 9 heavy (non-hydrogen) atoms. The van der Waals surface area contributed by atoms with Gasteiger partial charge in [-0.1, -0.05) is 6.58 Å². The van der Waals surface area contributed by atoms with Crippen LogP contribution in [0, 0.1) is 0 Å². The molecule has 0 spiro atoms. The molecule has 0 heterocycles. The number of hydrogen-bond donors (Lipinski definition) is 1. The van der Waals surface area contributed by atoms with E-state index in [1.165, 1.54) is 6.20 Å². The van der Waals surface area contributed by atoms with Crippen LogP contribution in [0.5, 0.6) is 0 Å². The van der Waals surface area contributed by atoms with Gasteiger partial charge in [0.2, 0.25) is 0 Å². The SMILES string of the molecule is C=CN=C(C)/C=C(\C)N. The van der Waals surface area contributed by atoms with E-state index >= 15 is 0 Å². The molecular formula is C7H12N2. The molecule has 0 bridgehead atoms. The molecule has 0 aliphatic carbocycles. The van der Waals surface area contributed by atoms with E-state index in [1.807, 2.05) is 13.8 Å². The van der Waals surface area contributed by atoms with Crippen LogP contribution in [0.4, 0.5) is 0 Å². The second-order valence-corrected chi connectivity index (χ2v) is 1.84. The molecule has 0 aromatic heterocycles. The van der Waals surface area contributed by atoms with E-state index < -0.39 is 0 Å². The molecule has 0 atom stereocenters. The third-order valence-corrected chi connectivity index (χ3v) is 0.731. The van der Waals surface area contributed by atoms with Gasteiger partial charge < -0.3 is 5.73 Å². The van der Waals surface area contributed by atoms with E-state index in [2.05, 4.69) is 11.6 Å². The van der Waals surface area contributed by atoms with Crippen LogP contribution < -0.4 is 5.73 Å². The van der Waals surface area contributed by atoms with Crippen molar-refractivity contribution in [2.24, 2.45) is 10.7 Å². The first-order chi connectivity index (χ1) is 4.16. The normalized spacial score (nSPS) is 13.6. The number of rotatable bonds is 2. The molecule has 50 valence electrons. The van der Waals surface area contributed by atoms with Gasteiger partial charge in [-0.05, 0) is 19.9 Å². The Morgan fingerprint density at radius 2 is 2.11 bits per heavy atom. The number of aliphatic imine (C=N–C) groups is 1. The summed E-state index contributed by atoms with van der Waals surface area (Å²) in [5.74, 6) is 0. The molecule has 0 unspecified atom stereocenters. The first-order valence-electron chi connectivity index (χ1n) is 2.76. The fraction of sp³-hybridized carbons (Fsp3) is 0.286. The zero-order valence-corrected chi connectivity index (χ0v) is 5.89. The lowest BCUT2D eigenvalue weighted by atomic mass is 10.3. The van der Waals surface area contributed by atoms with Crippen molar-refractivity contribution in [1.82, 2.24) is 0 Å². The molecule has 0 saturated carbocycles. The topological polar surface area (TPSA) is 38.4 Å². The van der Waals surface area contributed by atoms with E-state index in [1.54, 1.807) is 6.08 Å². The number of nitrogens with two attached hydrogens (primary N) is 1. The highest BCUT2D eigenvalue weighted by Gasteiger charge is 1.80. The van der Waals surface area contributed by atoms with Crippen LogP contribution in [-0.4, -0.2) is 5.71 Å². The Hall–Kier alpha value is -1.05. The fourth-order valence-electron chi connectivity index (χ4n) is 0.511. The van der Waals surface area contributed by atoms with E-state index in [-0.39, 0.29) is 0 Å². The van der Waals surface area contributed by atoms with Crippen molar-refractivity contribution in [1.29, 1.82) is 0 Å². The van der Waals surface area contributed by atoms with Gasteiger partial charge in [0.05, 0.1) is 0 Å². The van der Waals surface area contributed by atoms with Gasteiger partial charge in [0, 0.05) is 17.6 Å². The first-order valence-corrected chi connectivity index (χ1v) is 2.76. The Morgan fingerprint density at radius 3 is 2.44 bits per heavy atom. The third kappa shape index (κ3) is 4.81. The van der Waals surface area contributed by atoms with Crippen molar-refractivity contribution in [2.45, 2.75) is 13.8 Å². The summed E-state index contributed by atoms with van der Waals surface area (Å²) in [6.07, 6.45) is 3.29. The second kappa shape index (κ2) is 3.89. The maximum atomic E-state index is 5.37. The first kappa shape index (κ1) is 7.95. The molecule has 0 amide bonds. The highest BCUT2D eigenvalue weighted by molar-refractivity contribution is 5.93. The highest BCUT2D eigenvalue weighted by atomic mass is 14.7. The lowest BCUT2D eigenvalue weighted by Crippen LogP contribution is -1.94. The quantitative estimate of drug-likeness (QED) is 0.556. The molecule has 0 radical (unpaired) electrons. The molecule has 0 saturated heterocycles. The summed E-state index contributed by atoms with van der Waals surface area (Å²) in [6.45, 7) is 7.14. The van der Waals surface area contributed by atoms with Crippen molar-refractivity contribution >= 4 is 5.71 Å². The van der Waals surface area contributed by atoms with E-state index in [9.17, 15) is 0 Å². The average molecular weight is 124 g/mol. The number of allylic oxidation sites excluding steroid dienone is 2. The van der Waals surface area contributed by atoms with Gasteiger partial charge in [-0.15, -0.1) is 0 Å². The zero-order chi connectivity index (χ0) is 7.28. The lowest BCUT2D eigenvalue weighted by molar-refractivity contribution is 1.32. The van der Waals surface area contributed by atoms with Gasteiger partial charge in [0.1, 0.15) is 0 Å². The molecule has 0 aliphatic rings. The molecular weight excluding hydrogens is 112 g/mol. The molecule has 0 aromatic carbocycles. The van der Waals surface area contributed by atoms with Crippen molar-refractivity contribution in [3.05, 3.63) is 24.6 Å². The van der Waals surface area contributed by atoms with Gasteiger partial charge in [0.25, 0.3) is 0 Å². The maximum Gasteiger partial charge on any atom is 0.0389 e. The standard InChI is InChI=1S/C7H12N2/c1-4-9-7(3)5-6(2)8/h4-5H,1,8H2,2-3H3/b6-5+,9-7?. The maximum absolute atomic E-state index is 5.37. The van der Waals surface area contributed by atoms with Crippen LogP contribution in [0.3, 0.4) is 0 Å². The van der Waals surface area contributed by atoms with Gasteiger partial charge in [-0.25, -0.2) is 0 Å². The van der Waals surface area contributed by atoms with Gasteiger partial charge in [0.15, 0.2) is 0 Å². The molecule has 2 heteroatoms. The van der Waals surface area contributed by atoms with Gasteiger partial charge in [-0.3, -0.25) is 4.99 Å². The fourth-order valence-corrected chi connectivity index (χ4v) is 0.511. The van der Waals surface area contributed by atoms with E-state index in [0.29, 0.717) is 0 Å². The van der Waals surface area contributed by atoms with Crippen molar-refractivity contribution in [2.75, 3.05) is 0 Å². The third-order valence-electron chi connectivity index (χ3n) is 0.731. The van der Waals surface area contributed by atoms with Crippen molar-refractivity contribution in [3.8, 4) is 0 Å². The van der Waals surface area contributed by atoms with Crippen LogP contribution in [0.25, 0.3) is 0 Å². The number of nitrogens with zero attached hydrogens (tertiary/aromatic N) is 1. The Labute approximate surface area is 55.8 Å². The molecule has 0 aromatic rings. The molecule has 0 aliphatic heterocycles. The summed E-state index contributed by atoms with van der Waals surface area (Å²) < 4.78 is 0. The van der Waals surface area contributed by atoms with Gasteiger partial charge >= 0.3 is 0 Å². The Morgan fingerprint density at radius 1 is 1.56 bits per heavy atom. The molecule has 0 fully saturated rings. The Kier molecular flexibility index (Phi) is 3.44. The van der Waals surface area contributed by atoms with Gasteiger partial charge in [-0.2, -0.15) is 0 Å². The van der Waals surface area contributed by atoms with Crippen molar-refractivity contribution < 1.29 is 0 Å². The summed E-state index contributed by atoms with van der Waals surface area (Å²) in [5.41, 5.74) is 7.01. The van der Waals surface area contributed by atoms with Crippen LogP contribution in [-0.2, 0) is 0 Å². The summed E-state index contributed by atoms with van der Waals surface area (Å²) in [6, 6.07) is 0.